The fourth-order valence-electron chi connectivity index (χ4n) is 0.394. The molecule has 0 amide bonds. The van der Waals surface area contributed by atoms with E-state index in [4.69, 9.17) is 11.6 Å². The molecule has 0 heterocycles. The molecule has 0 aliphatic rings. The molecule has 0 saturated carbocycles. The number of hydrogen-bond acceptors (Lipinski definition) is 4. The van der Waals surface area contributed by atoms with Crippen LogP contribution in [0.3, 0.4) is 0 Å². The molecule has 0 bridgehead atoms. The smallest absolute Gasteiger partial charge is 0.0306 e. The maximum Gasteiger partial charge on any atom is 0.0306 e. The van der Waals surface area contributed by atoms with Crippen molar-refractivity contribution in [3.63, 3.8) is 0 Å². The minimum atomic E-state index is 0.458. The number of hydrogen-bond donors (Lipinski definition) is 3. The van der Waals surface area contributed by atoms with Gasteiger partial charge in [-0.25, -0.2) is 0 Å². The van der Waals surface area contributed by atoms with Crippen molar-refractivity contribution in [2.75, 3.05) is 19.3 Å². The molecule has 0 saturated heterocycles. The molecule has 0 spiro atoms. The lowest BCUT2D eigenvalue weighted by Crippen LogP contribution is -2.34. The monoisotopic (exact) mass is 135 g/mol. The molecule has 50 valence electrons. The average molecular weight is 135 g/mol. The van der Waals surface area contributed by atoms with E-state index in [1.165, 1.54) is 0 Å². The Balaban J connectivity index is 3.07. The van der Waals surface area contributed by atoms with Gasteiger partial charge in [0.1, 0.15) is 0 Å². The second kappa shape index (κ2) is 5.37. The first-order valence-corrected chi connectivity index (χ1v) is 3.80. The molecular weight excluding hydrogens is 122 g/mol. The fraction of sp³-hybridized carbons (Fsp3) is 1.00. The normalized spacial score (nSPS) is 13.9. The highest BCUT2D eigenvalue weighted by molar-refractivity contribution is 7.99. The second-order valence-corrected chi connectivity index (χ2v) is 2.64. The average Bonchev–Trinajstić information content (AvgIpc) is 1.83. The zero-order valence-electron chi connectivity index (χ0n) is 5.05. The summed E-state index contributed by atoms with van der Waals surface area (Å²) in [5.74, 6) is 5.06. The van der Waals surface area contributed by atoms with Crippen LogP contribution in [0.25, 0.3) is 0 Å². The standard InChI is InChI=1S/C4H13N3S/c1-8-4(2-5)3-7-6/h4,7H,2-3,5-6H2,1H3. The molecule has 0 fully saturated rings. The van der Waals surface area contributed by atoms with Gasteiger partial charge >= 0.3 is 0 Å². The Labute approximate surface area is 54.2 Å². The van der Waals surface area contributed by atoms with Crippen molar-refractivity contribution in [2.45, 2.75) is 5.25 Å². The summed E-state index contributed by atoms with van der Waals surface area (Å²) in [6, 6.07) is 0. The van der Waals surface area contributed by atoms with Crippen LogP contribution in [0.1, 0.15) is 0 Å². The van der Waals surface area contributed by atoms with Crippen molar-refractivity contribution in [3.05, 3.63) is 0 Å². The van der Waals surface area contributed by atoms with Crippen LogP contribution in [-0.4, -0.2) is 24.6 Å². The summed E-state index contributed by atoms with van der Waals surface area (Å²) in [6.07, 6.45) is 2.02. The molecule has 0 aliphatic carbocycles. The SMILES string of the molecule is CSC(CN)CNN. The molecule has 1 atom stereocenters. The third-order valence-electron chi connectivity index (χ3n) is 0.942. The van der Waals surface area contributed by atoms with E-state index in [2.05, 4.69) is 5.43 Å². The lowest BCUT2D eigenvalue weighted by atomic mass is 10.4. The Hall–Kier alpha value is 0.230. The lowest BCUT2D eigenvalue weighted by molar-refractivity contribution is 0.700. The summed E-state index contributed by atoms with van der Waals surface area (Å²) in [7, 11) is 0. The summed E-state index contributed by atoms with van der Waals surface area (Å²) in [5.41, 5.74) is 7.92. The summed E-state index contributed by atoms with van der Waals surface area (Å²) < 4.78 is 0. The molecule has 4 heteroatoms. The first-order valence-electron chi connectivity index (χ1n) is 2.51. The van der Waals surface area contributed by atoms with E-state index in [1.54, 1.807) is 11.8 Å². The highest BCUT2D eigenvalue weighted by Crippen LogP contribution is 2.00. The van der Waals surface area contributed by atoms with E-state index in [1.807, 2.05) is 6.26 Å². The Morgan fingerprint density at radius 2 is 2.38 bits per heavy atom. The first-order chi connectivity index (χ1) is 3.85. The van der Waals surface area contributed by atoms with Crippen LogP contribution in [0.2, 0.25) is 0 Å². The van der Waals surface area contributed by atoms with Crippen LogP contribution in [0.4, 0.5) is 0 Å². The zero-order chi connectivity index (χ0) is 6.41. The summed E-state index contributed by atoms with van der Waals surface area (Å²) in [4.78, 5) is 0. The van der Waals surface area contributed by atoms with Crippen molar-refractivity contribution in [1.82, 2.24) is 5.43 Å². The van der Waals surface area contributed by atoms with Crippen LogP contribution in [-0.2, 0) is 0 Å². The first kappa shape index (κ1) is 8.23. The lowest BCUT2D eigenvalue weighted by Gasteiger charge is -2.08. The van der Waals surface area contributed by atoms with Crippen LogP contribution in [0.15, 0.2) is 0 Å². The Kier molecular flexibility index (Phi) is 5.52. The van der Waals surface area contributed by atoms with Gasteiger partial charge in [-0.3, -0.25) is 11.3 Å². The predicted molar refractivity (Wildman–Crippen MR) is 38.5 cm³/mol. The van der Waals surface area contributed by atoms with Gasteiger partial charge in [-0.05, 0) is 6.26 Å². The van der Waals surface area contributed by atoms with Crippen LogP contribution in [0, 0.1) is 0 Å². The minimum Gasteiger partial charge on any atom is -0.329 e. The quantitative estimate of drug-likeness (QED) is 0.347. The Bertz CT molecular complexity index is 46.5. The van der Waals surface area contributed by atoms with Crippen LogP contribution < -0.4 is 17.0 Å². The predicted octanol–water partition coefficient (Wildman–Crippen LogP) is -0.860. The molecule has 0 aliphatic heterocycles. The Morgan fingerprint density at radius 3 is 2.50 bits per heavy atom. The summed E-state index contributed by atoms with van der Waals surface area (Å²) in [5, 5.41) is 0.458. The number of thioether (sulfide) groups is 1. The van der Waals surface area contributed by atoms with Crippen molar-refractivity contribution in [1.29, 1.82) is 0 Å². The molecule has 3 nitrogen and oxygen atoms in total. The van der Waals surface area contributed by atoms with E-state index < -0.39 is 0 Å². The second-order valence-electron chi connectivity index (χ2n) is 1.50. The molecule has 0 aromatic rings. The van der Waals surface area contributed by atoms with Gasteiger partial charge in [-0.1, -0.05) is 0 Å². The molecule has 1 unspecified atom stereocenters. The number of hydrazine groups is 1. The van der Waals surface area contributed by atoms with Crippen molar-refractivity contribution < 1.29 is 0 Å². The zero-order valence-corrected chi connectivity index (χ0v) is 5.87. The number of nitrogens with one attached hydrogen (secondary N) is 1. The van der Waals surface area contributed by atoms with Crippen molar-refractivity contribution >= 4 is 11.8 Å². The van der Waals surface area contributed by atoms with Crippen molar-refractivity contribution in [3.8, 4) is 0 Å². The third-order valence-corrected chi connectivity index (χ3v) is 1.97. The molecule has 0 radical (unpaired) electrons. The summed E-state index contributed by atoms with van der Waals surface area (Å²) in [6.45, 7) is 1.48. The van der Waals surface area contributed by atoms with Gasteiger partial charge in [0.25, 0.3) is 0 Å². The number of rotatable bonds is 4. The highest BCUT2D eigenvalue weighted by atomic mass is 32.2. The molecule has 5 N–H and O–H groups in total. The van der Waals surface area contributed by atoms with E-state index in [0.29, 0.717) is 11.8 Å². The molecule has 8 heavy (non-hydrogen) atoms. The van der Waals surface area contributed by atoms with Gasteiger partial charge in [-0.2, -0.15) is 11.8 Å². The molecule has 0 aromatic carbocycles. The van der Waals surface area contributed by atoms with Gasteiger partial charge < -0.3 is 5.73 Å². The maximum absolute atomic E-state index is 5.35. The van der Waals surface area contributed by atoms with E-state index >= 15 is 0 Å². The van der Waals surface area contributed by atoms with Gasteiger partial charge in [0.15, 0.2) is 0 Å². The third kappa shape index (κ3) is 3.26. The minimum absolute atomic E-state index is 0.458. The van der Waals surface area contributed by atoms with E-state index in [9.17, 15) is 0 Å². The van der Waals surface area contributed by atoms with Gasteiger partial charge in [0.05, 0.1) is 0 Å². The topological polar surface area (TPSA) is 64.1 Å². The highest BCUT2D eigenvalue weighted by Gasteiger charge is 1.99. The molecule has 0 rings (SSSR count). The van der Waals surface area contributed by atoms with Gasteiger partial charge in [0, 0.05) is 18.3 Å². The van der Waals surface area contributed by atoms with Crippen molar-refractivity contribution in [2.24, 2.45) is 11.6 Å². The van der Waals surface area contributed by atoms with E-state index in [0.717, 1.165) is 6.54 Å². The van der Waals surface area contributed by atoms with E-state index in [-0.39, 0.29) is 0 Å². The van der Waals surface area contributed by atoms with Crippen LogP contribution >= 0.6 is 11.8 Å². The molecule has 0 aromatic heterocycles. The largest absolute Gasteiger partial charge is 0.329 e. The Morgan fingerprint density at radius 1 is 1.75 bits per heavy atom. The summed E-state index contributed by atoms with van der Waals surface area (Å²) >= 11 is 1.73. The maximum atomic E-state index is 5.35. The number of nitrogens with two attached hydrogens (primary N) is 2. The van der Waals surface area contributed by atoms with Gasteiger partial charge in [-0.15, -0.1) is 0 Å². The fourth-order valence-corrected chi connectivity index (χ4v) is 0.850. The molecular formula is C4H13N3S. The van der Waals surface area contributed by atoms with Gasteiger partial charge in [0.2, 0.25) is 0 Å². The van der Waals surface area contributed by atoms with Crippen LogP contribution in [0.5, 0.6) is 0 Å².